The van der Waals surface area contributed by atoms with Crippen molar-refractivity contribution in [3.8, 4) is 11.5 Å². The van der Waals surface area contributed by atoms with Crippen LogP contribution in [-0.2, 0) is 0 Å². The molecule has 0 unspecified atom stereocenters. The summed E-state index contributed by atoms with van der Waals surface area (Å²) in [5, 5.41) is 14.5. The van der Waals surface area contributed by atoms with Crippen molar-refractivity contribution >= 4 is 23.3 Å². The molecule has 0 spiro atoms. The fourth-order valence-corrected chi connectivity index (χ4v) is 3.09. The lowest BCUT2D eigenvalue weighted by Gasteiger charge is -2.24. The number of nitrogen functional groups attached to an aromatic ring is 2. The Morgan fingerprint density at radius 1 is 1.03 bits per heavy atom. The van der Waals surface area contributed by atoms with Crippen molar-refractivity contribution in [3.63, 3.8) is 0 Å². The zero-order valence-electron chi connectivity index (χ0n) is 17.9. The number of hydrogen-bond donors (Lipinski definition) is 5. The number of anilines is 2. The third kappa shape index (κ3) is 5.76. The van der Waals surface area contributed by atoms with Gasteiger partial charge in [0.05, 0.1) is 42.3 Å². The topological polar surface area (TPSA) is 149 Å². The van der Waals surface area contributed by atoms with Gasteiger partial charge < -0.3 is 36.7 Å². The molecule has 11 heteroatoms. The van der Waals surface area contributed by atoms with Crippen LogP contribution in [0.4, 0.5) is 20.2 Å². The first-order valence-electron chi connectivity index (χ1n) is 9.54. The first kappa shape index (κ1) is 24.7. The van der Waals surface area contributed by atoms with Crippen LogP contribution in [0.3, 0.4) is 0 Å². The maximum absolute atomic E-state index is 13.8. The van der Waals surface area contributed by atoms with E-state index in [1.165, 1.54) is 20.3 Å². The molecule has 7 N–H and O–H groups in total. The van der Waals surface area contributed by atoms with Gasteiger partial charge in [0.2, 0.25) is 0 Å². The number of methoxy groups -OCH3 is 2. The molecule has 174 valence electrons. The number of aromatic carboxylic acids is 1. The van der Waals surface area contributed by atoms with E-state index in [-0.39, 0.29) is 28.2 Å². The van der Waals surface area contributed by atoms with Gasteiger partial charge in [-0.05, 0) is 32.0 Å². The molecule has 0 radical (unpaired) electrons. The molecule has 1 atom stereocenters. The van der Waals surface area contributed by atoms with E-state index in [9.17, 15) is 18.4 Å². The number of carboxylic acids is 1. The number of carboxylic acid groups (broad SMARTS) is 1. The predicted molar refractivity (Wildman–Crippen MR) is 115 cm³/mol. The summed E-state index contributed by atoms with van der Waals surface area (Å²) in [6, 6.07) is 4.39. The van der Waals surface area contributed by atoms with E-state index < -0.39 is 29.1 Å². The Hall–Kier alpha value is -3.60. The molecular weight excluding hydrogens is 426 g/mol. The van der Waals surface area contributed by atoms with Crippen LogP contribution in [0, 0.1) is 11.6 Å². The Bertz CT molecular complexity index is 1010. The van der Waals surface area contributed by atoms with Crippen molar-refractivity contribution in [2.24, 2.45) is 0 Å². The molecule has 0 aromatic heterocycles. The van der Waals surface area contributed by atoms with Gasteiger partial charge >= 0.3 is 5.97 Å². The van der Waals surface area contributed by atoms with Gasteiger partial charge in [-0.25, -0.2) is 13.6 Å². The van der Waals surface area contributed by atoms with Crippen molar-refractivity contribution in [3.05, 3.63) is 47.0 Å². The minimum absolute atomic E-state index is 0.0563. The zero-order valence-corrected chi connectivity index (χ0v) is 17.9. The standard InChI is InChI=1S/C13H18FN3O2.C8H8FNO3/c1-13(3-4-16-7-13)17-12(18)8-5-11(19-2)10(15)6-9(8)14;1-13-7-2-4(8(11)12)5(9)3-6(7)10/h5-6,16H,3-4,7,15H2,1-2H3,(H,17,18);2-3H,10H2,1H3,(H,11,12)/t13-;/m1./s1. The third-order valence-corrected chi connectivity index (χ3v) is 4.90. The first-order chi connectivity index (χ1) is 15.0. The molecule has 1 heterocycles. The van der Waals surface area contributed by atoms with E-state index in [0.29, 0.717) is 12.3 Å². The lowest BCUT2D eigenvalue weighted by atomic mass is 10.0. The molecule has 3 rings (SSSR count). The van der Waals surface area contributed by atoms with E-state index >= 15 is 0 Å². The van der Waals surface area contributed by atoms with Gasteiger partial charge in [-0.1, -0.05) is 0 Å². The number of ether oxygens (including phenoxy) is 2. The van der Waals surface area contributed by atoms with Gasteiger partial charge in [0.15, 0.2) is 0 Å². The highest BCUT2D eigenvalue weighted by Gasteiger charge is 2.31. The average molecular weight is 452 g/mol. The van der Waals surface area contributed by atoms with Crippen LogP contribution in [0.15, 0.2) is 24.3 Å². The van der Waals surface area contributed by atoms with E-state index in [0.717, 1.165) is 31.2 Å². The van der Waals surface area contributed by atoms with Crippen LogP contribution in [0.1, 0.15) is 34.1 Å². The highest BCUT2D eigenvalue weighted by Crippen LogP contribution is 2.26. The molecule has 1 amide bonds. The van der Waals surface area contributed by atoms with Crippen LogP contribution < -0.4 is 31.6 Å². The molecule has 0 aliphatic carbocycles. The second-order valence-corrected chi connectivity index (χ2v) is 7.39. The van der Waals surface area contributed by atoms with Crippen molar-refractivity contribution in [1.29, 1.82) is 0 Å². The van der Waals surface area contributed by atoms with Gasteiger partial charge in [-0.3, -0.25) is 4.79 Å². The van der Waals surface area contributed by atoms with Gasteiger partial charge in [0.25, 0.3) is 5.91 Å². The van der Waals surface area contributed by atoms with Crippen molar-refractivity contribution in [2.75, 3.05) is 38.8 Å². The predicted octanol–water partition coefficient (Wildman–Crippen LogP) is 2.01. The number of halogens is 2. The van der Waals surface area contributed by atoms with E-state index in [1.807, 2.05) is 6.92 Å². The van der Waals surface area contributed by atoms with Crippen LogP contribution in [0.5, 0.6) is 11.5 Å². The second-order valence-electron chi connectivity index (χ2n) is 7.39. The maximum Gasteiger partial charge on any atom is 0.338 e. The fraction of sp³-hybridized carbons (Fsp3) is 0.333. The molecular formula is C21H26F2N4O5. The number of nitrogens with two attached hydrogens (primary N) is 2. The summed E-state index contributed by atoms with van der Waals surface area (Å²) in [4.78, 5) is 22.6. The lowest BCUT2D eigenvalue weighted by Crippen LogP contribution is -2.47. The van der Waals surface area contributed by atoms with E-state index in [2.05, 4.69) is 10.6 Å². The largest absolute Gasteiger partial charge is 0.495 e. The van der Waals surface area contributed by atoms with Crippen LogP contribution in [0.25, 0.3) is 0 Å². The summed E-state index contributed by atoms with van der Waals surface area (Å²) in [5.41, 5.74) is 10.3. The van der Waals surface area contributed by atoms with Gasteiger partial charge in [-0.15, -0.1) is 0 Å². The zero-order chi connectivity index (χ0) is 24.1. The average Bonchev–Trinajstić information content (AvgIpc) is 3.14. The van der Waals surface area contributed by atoms with Crippen LogP contribution >= 0.6 is 0 Å². The molecule has 2 aromatic rings. The van der Waals surface area contributed by atoms with E-state index in [4.69, 9.17) is 26.0 Å². The lowest BCUT2D eigenvalue weighted by molar-refractivity contribution is 0.0691. The molecule has 1 fully saturated rings. The first-order valence-corrected chi connectivity index (χ1v) is 9.54. The number of benzene rings is 2. The molecule has 0 bridgehead atoms. The third-order valence-electron chi connectivity index (χ3n) is 4.90. The smallest absolute Gasteiger partial charge is 0.338 e. The normalized spacial score (nSPS) is 17.2. The second kappa shape index (κ2) is 10.1. The van der Waals surface area contributed by atoms with Gasteiger partial charge in [0.1, 0.15) is 23.1 Å². The Balaban J connectivity index is 0.000000244. The molecule has 1 saturated heterocycles. The summed E-state index contributed by atoms with van der Waals surface area (Å²) >= 11 is 0. The summed E-state index contributed by atoms with van der Waals surface area (Å²) in [7, 11) is 2.75. The van der Waals surface area contributed by atoms with Crippen molar-refractivity contribution < 1.29 is 33.0 Å². The minimum atomic E-state index is -1.35. The molecule has 1 aliphatic rings. The van der Waals surface area contributed by atoms with Crippen molar-refractivity contribution in [1.82, 2.24) is 10.6 Å². The number of carbonyl (C=O) groups is 2. The molecule has 0 saturated carbocycles. The van der Waals surface area contributed by atoms with E-state index in [1.54, 1.807) is 0 Å². The summed E-state index contributed by atoms with van der Waals surface area (Å²) in [6.45, 7) is 3.44. The van der Waals surface area contributed by atoms with Crippen LogP contribution in [-0.4, -0.2) is 49.8 Å². The summed E-state index contributed by atoms with van der Waals surface area (Å²) < 4.78 is 36.4. The molecule has 9 nitrogen and oxygen atoms in total. The SMILES string of the molecule is COc1cc(C(=O)N[C@]2(C)CCNC2)c(F)cc1N.COc1cc(C(=O)O)c(F)cc1N. The Kier molecular flexibility index (Phi) is 7.82. The number of amides is 1. The number of nitrogens with one attached hydrogen (secondary N) is 2. The highest BCUT2D eigenvalue weighted by atomic mass is 19.1. The Morgan fingerprint density at radius 3 is 1.97 bits per heavy atom. The quantitative estimate of drug-likeness (QED) is 0.433. The summed E-state index contributed by atoms with van der Waals surface area (Å²) in [5.74, 6) is -2.88. The van der Waals surface area contributed by atoms with Gasteiger partial charge in [-0.2, -0.15) is 0 Å². The molecule has 1 aliphatic heterocycles. The van der Waals surface area contributed by atoms with Crippen molar-refractivity contribution in [2.45, 2.75) is 18.9 Å². The number of hydrogen-bond acceptors (Lipinski definition) is 7. The van der Waals surface area contributed by atoms with Crippen LogP contribution in [0.2, 0.25) is 0 Å². The Labute approximate surface area is 183 Å². The highest BCUT2D eigenvalue weighted by molar-refractivity contribution is 5.96. The van der Waals surface area contributed by atoms with Gasteiger partial charge in [0, 0.05) is 18.7 Å². The Morgan fingerprint density at radius 2 is 1.53 bits per heavy atom. The summed E-state index contributed by atoms with van der Waals surface area (Å²) in [6.07, 6.45) is 0.812. The molecule has 2 aromatic carbocycles. The number of rotatable bonds is 5. The minimum Gasteiger partial charge on any atom is -0.495 e. The number of carbonyl (C=O) groups excluding carboxylic acids is 1. The fourth-order valence-electron chi connectivity index (χ4n) is 3.09. The maximum atomic E-state index is 13.8. The molecule has 32 heavy (non-hydrogen) atoms. The monoisotopic (exact) mass is 452 g/mol.